The zero-order valence-electron chi connectivity index (χ0n) is 23.4. The van der Waals surface area contributed by atoms with Gasteiger partial charge in [-0.3, -0.25) is 9.10 Å². The van der Waals surface area contributed by atoms with E-state index >= 15 is 0 Å². The fourth-order valence-electron chi connectivity index (χ4n) is 4.79. The number of amides is 1. The molecule has 1 amide bonds. The van der Waals surface area contributed by atoms with Gasteiger partial charge in [0.25, 0.3) is 15.9 Å². The summed E-state index contributed by atoms with van der Waals surface area (Å²) in [5.74, 6) is 1.53. The van der Waals surface area contributed by atoms with Gasteiger partial charge in [0.1, 0.15) is 17.2 Å². The normalized spacial score (nSPS) is 15.8. The van der Waals surface area contributed by atoms with E-state index in [1.165, 1.54) is 23.5 Å². The maximum atomic E-state index is 13.8. The topological polar surface area (TPSA) is 94.2 Å². The van der Waals surface area contributed by atoms with Crippen LogP contribution in [0.3, 0.4) is 0 Å². The van der Waals surface area contributed by atoms with Crippen LogP contribution in [0, 0.1) is 13.8 Å². The third-order valence-corrected chi connectivity index (χ3v) is 8.78. The van der Waals surface area contributed by atoms with Crippen molar-refractivity contribution in [1.29, 1.82) is 0 Å². The van der Waals surface area contributed by atoms with Crippen molar-refractivity contribution in [2.24, 2.45) is 0 Å². The van der Waals surface area contributed by atoms with E-state index in [4.69, 9.17) is 14.2 Å². The van der Waals surface area contributed by atoms with Crippen LogP contribution in [-0.4, -0.2) is 41.2 Å². The highest BCUT2D eigenvalue weighted by molar-refractivity contribution is 7.92. The first-order chi connectivity index (χ1) is 18.5. The number of sulfonamides is 1. The van der Waals surface area contributed by atoms with Gasteiger partial charge in [-0.15, -0.1) is 0 Å². The van der Waals surface area contributed by atoms with Crippen molar-refractivity contribution in [2.75, 3.05) is 25.1 Å². The fraction of sp³-hybridized carbons (Fsp3) is 0.367. The summed E-state index contributed by atoms with van der Waals surface area (Å²) in [4.78, 5) is 13.6. The predicted octanol–water partition coefficient (Wildman–Crippen LogP) is 5.28. The van der Waals surface area contributed by atoms with E-state index in [9.17, 15) is 13.2 Å². The lowest BCUT2D eigenvalue weighted by atomic mass is 9.93. The van der Waals surface area contributed by atoms with Crippen LogP contribution in [0.5, 0.6) is 17.2 Å². The van der Waals surface area contributed by atoms with Crippen LogP contribution in [0.2, 0.25) is 0 Å². The van der Waals surface area contributed by atoms with E-state index in [1.54, 1.807) is 31.4 Å². The third kappa shape index (κ3) is 5.68. The Morgan fingerprint density at radius 3 is 2.28 bits per heavy atom. The molecule has 9 heteroatoms. The minimum absolute atomic E-state index is 0.0975. The molecular weight excluding hydrogens is 516 g/mol. The predicted molar refractivity (Wildman–Crippen MR) is 151 cm³/mol. The van der Waals surface area contributed by atoms with Crippen molar-refractivity contribution in [1.82, 2.24) is 5.32 Å². The number of nitrogens with zero attached hydrogens (tertiary/aromatic N) is 1. The molecular formula is C30H36N2O6S. The Morgan fingerprint density at radius 1 is 0.974 bits per heavy atom. The maximum absolute atomic E-state index is 13.8. The Labute approximate surface area is 230 Å². The molecule has 2 atom stereocenters. The summed E-state index contributed by atoms with van der Waals surface area (Å²) in [5, 5.41) is 3.04. The van der Waals surface area contributed by atoms with Crippen LogP contribution >= 0.6 is 0 Å². The largest absolute Gasteiger partial charge is 0.497 e. The molecule has 0 radical (unpaired) electrons. The number of nitrogens with one attached hydrogen (secondary N) is 1. The van der Waals surface area contributed by atoms with Crippen molar-refractivity contribution in [3.8, 4) is 17.2 Å². The fourth-order valence-corrected chi connectivity index (χ4v) is 6.26. The van der Waals surface area contributed by atoms with Crippen molar-refractivity contribution < 1.29 is 27.4 Å². The average molecular weight is 553 g/mol. The number of hydrogen-bond acceptors (Lipinski definition) is 6. The summed E-state index contributed by atoms with van der Waals surface area (Å²) in [6.45, 7) is 9.77. The second kappa shape index (κ2) is 11.2. The number of methoxy groups -OCH3 is 2. The summed E-state index contributed by atoms with van der Waals surface area (Å²) in [7, 11) is -0.820. The number of carbonyl (C=O) groups excluding carboxylic acids is 1. The molecule has 1 heterocycles. The lowest BCUT2D eigenvalue weighted by Crippen LogP contribution is -2.51. The Kier molecular flexibility index (Phi) is 8.11. The van der Waals surface area contributed by atoms with Gasteiger partial charge in [-0.2, -0.15) is 0 Å². The molecule has 1 aliphatic rings. The smallest absolute Gasteiger partial charge is 0.264 e. The second-order valence-corrected chi connectivity index (χ2v) is 12.0. The van der Waals surface area contributed by atoms with Gasteiger partial charge in [-0.1, -0.05) is 19.9 Å². The number of ether oxygens (including phenoxy) is 3. The summed E-state index contributed by atoms with van der Waals surface area (Å²) in [6.07, 6.45) is -1.04. The van der Waals surface area contributed by atoms with Gasteiger partial charge in [-0.05, 0) is 97.5 Å². The van der Waals surface area contributed by atoms with Crippen LogP contribution in [0.4, 0.5) is 5.69 Å². The highest BCUT2D eigenvalue weighted by Crippen LogP contribution is 2.38. The number of anilines is 1. The molecule has 0 fully saturated rings. The average Bonchev–Trinajstić information content (AvgIpc) is 2.91. The van der Waals surface area contributed by atoms with Gasteiger partial charge in [0.2, 0.25) is 0 Å². The SMILES string of the molecule is COc1ccc(S(=O)(=O)N2C[C@H](C(=O)N[C@H](C)c3cc(C(C)C)c(OC)cc3C)Oc3ccc(C)cc32)cc1. The van der Waals surface area contributed by atoms with E-state index < -0.39 is 22.0 Å². The monoisotopic (exact) mass is 552 g/mol. The molecule has 0 saturated heterocycles. The lowest BCUT2D eigenvalue weighted by molar-refractivity contribution is -0.128. The quantitative estimate of drug-likeness (QED) is 0.409. The van der Waals surface area contributed by atoms with Gasteiger partial charge in [-0.25, -0.2) is 8.42 Å². The van der Waals surface area contributed by atoms with E-state index in [-0.39, 0.29) is 23.4 Å². The van der Waals surface area contributed by atoms with Crippen LogP contribution in [-0.2, 0) is 14.8 Å². The zero-order valence-corrected chi connectivity index (χ0v) is 24.3. The molecule has 39 heavy (non-hydrogen) atoms. The van der Waals surface area contributed by atoms with Crippen LogP contribution < -0.4 is 23.8 Å². The molecule has 0 spiro atoms. The molecule has 1 aliphatic heterocycles. The maximum Gasteiger partial charge on any atom is 0.264 e. The molecule has 0 saturated carbocycles. The van der Waals surface area contributed by atoms with E-state index in [2.05, 4.69) is 25.2 Å². The molecule has 3 aromatic rings. The summed E-state index contributed by atoms with van der Waals surface area (Å²) < 4.78 is 45.6. The van der Waals surface area contributed by atoms with Crippen LogP contribution in [0.1, 0.15) is 55.0 Å². The summed E-state index contributed by atoms with van der Waals surface area (Å²) in [5.41, 5.74) is 4.27. The minimum atomic E-state index is -3.99. The number of aryl methyl sites for hydroxylation is 2. The highest BCUT2D eigenvalue weighted by atomic mass is 32.2. The van der Waals surface area contributed by atoms with Gasteiger partial charge >= 0.3 is 0 Å². The summed E-state index contributed by atoms with van der Waals surface area (Å²) in [6, 6.07) is 15.2. The van der Waals surface area contributed by atoms with Gasteiger partial charge in [0.05, 0.1) is 37.4 Å². The Morgan fingerprint density at radius 2 is 1.67 bits per heavy atom. The Hall–Kier alpha value is -3.72. The van der Waals surface area contributed by atoms with E-state index in [1.807, 2.05) is 32.9 Å². The molecule has 0 unspecified atom stereocenters. The molecule has 4 rings (SSSR count). The second-order valence-electron chi connectivity index (χ2n) is 10.1. The van der Waals surface area contributed by atoms with Crippen molar-refractivity contribution >= 4 is 21.6 Å². The Bertz CT molecular complexity index is 1470. The number of carbonyl (C=O) groups is 1. The first-order valence-electron chi connectivity index (χ1n) is 12.9. The third-order valence-electron chi connectivity index (χ3n) is 6.99. The van der Waals surface area contributed by atoms with Gasteiger partial charge in [0, 0.05) is 0 Å². The molecule has 0 aliphatic carbocycles. The number of hydrogen-bond donors (Lipinski definition) is 1. The Balaban J connectivity index is 1.64. The standard InChI is InChI=1S/C30H36N2O6S/c1-18(2)24-16-25(20(4)15-28(24)37-7)21(5)31-30(33)29-17-32(26-14-19(3)8-13-27(26)38-29)39(34,35)23-11-9-22(36-6)10-12-23/h8-16,18,21,29H,17H2,1-7H3,(H,31,33)/t21-,29-/m1/s1. The first kappa shape index (κ1) is 28.3. The molecule has 0 bridgehead atoms. The number of benzene rings is 3. The lowest BCUT2D eigenvalue weighted by Gasteiger charge is -2.35. The van der Waals surface area contributed by atoms with Crippen molar-refractivity contribution in [3.63, 3.8) is 0 Å². The minimum Gasteiger partial charge on any atom is -0.497 e. The highest BCUT2D eigenvalue weighted by Gasteiger charge is 2.38. The van der Waals surface area contributed by atoms with Crippen LogP contribution in [0.25, 0.3) is 0 Å². The first-order valence-corrected chi connectivity index (χ1v) is 14.3. The molecule has 8 nitrogen and oxygen atoms in total. The van der Waals surface area contributed by atoms with Crippen molar-refractivity contribution in [3.05, 3.63) is 76.9 Å². The van der Waals surface area contributed by atoms with Gasteiger partial charge < -0.3 is 19.5 Å². The van der Waals surface area contributed by atoms with Gasteiger partial charge in [0.15, 0.2) is 6.10 Å². The van der Waals surface area contributed by atoms with Crippen LogP contribution in [0.15, 0.2) is 59.5 Å². The number of fused-ring (bicyclic) bond motifs is 1. The van der Waals surface area contributed by atoms with E-state index in [0.717, 1.165) is 28.0 Å². The number of rotatable bonds is 8. The molecule has 3 aromatic carbocycles. The summed E-state index contributed by atoms with van der Waals surface area (Å²) >= 11 is 0. The molecule has 0 aromatic heterocycles. The molecule has 208 valence electrons. The van der Waals surface area contributed by atoms with E-state index in [0.29, 0.717) is 17.2 Å². The van der Waals surface area contributed by atoms with Crippen molar-refractivity contribution in [2.45, 2.75) is 57.6 Å². The zero-order chi connectivity index (χ0) is 28.5. The molecule has 1 N–H and O–H groups in total.